The summed E-state index contributed by atoms with van der Waals surface area (Å²) < 4.78 is 75.4. The van der Waals surface area contributed by atoms with Gasteiger partial charge < -0.3 is 67.2 Å². The summed E-state index contributed by atoms with van der Waals surface area (Å²) >= 11 is 0. The van der Waals surface area contributed by atoms with Crippen molar-refractivity contribution in [3.63, 3.8) is 0 Å². The summed E-state index contributed by atoms with van der Waals surface area (Å²) in [6.07, 6.45) is 0. The summed E-state index contributed by atoms with van der Waals surface area (Å²) in [5.74, 6) is 0. The average Bonchev–Trinajstić information content (AvgIpc) is 2.28. The second-order valence-corrected chi connectivity index (χ2v) is 10.4. The van der Waals surface area contributed by atoms with E-state index in [0.717, 1.165) is 0 Å². The quantitative estimate of drug-likeness (QED) is 0.0868. The van der Waals surface area contributed by atoms with Gasteiger partial charge in [0.2, 0.25) is 0 Å². The molecule has 33 heavy (non-hydrogen) atoms. The molecular weight excluding hydrogens is 738 g/mol. The molecule has 0 aliphatic carbocycles. The molecule has 0 aliphatic heterocycles. The molecule has 0 aromatic rings. The molecule has 0 saturated carbocycles. The van der Waals surface area contributed by atoms with Gasteiger partial charge in [0.25, 0.3) is 0 Å². The van der Waals surface area contributed by atoms with Crippen LogP contribution in [-0.2, 0) is 54.7 Å². The molecule has 0 bridgehead atoms. The first-order valence-corrected chi connectivity index (χ1v) is 13.5. The van der Waals surface area contributed by atoms with Crippen molar-refractivity contribution in [1.29, 1.82) is 0 Å². The molecule has 0 radical (unpaired) electrons. The number of hydrogen-bond acceptors (Lipinski definition) is 22. The van der Waals surface area contributed by atoms with Crippen molar-refractivity contribution in [2.75, 3.05) is 0 Å². The summed E-state index contributed by atoms with van der Waals surface area (Å²) in [5, 5.41) is 0. The summed E-state index contributed by atoms with van der Waals surface area (Å²) in [6.45, 7) is 0. The van der Waals surface area contributed by atoms with E-state index in [9.17, 15) is 76.3 Å². The van der Waals surface area contributed by atoms with E-state index in [2.05, 4.69) is 27.3 Å². The van der Waals surface area contributed by atoms with E-state index in [1.54, 1.807) is 0 Å². The maximum absolute atomic E-state index is 10.2. The van der Waals surface area contributed by atoms with Gasteiger partial charge in [0.05, 0.1) is 15.6 Å². The van der Waals surface area contributed by atoms with Crippen LogP contribution in [0.5, 0.6) is 0 Å². The monoisotopic (exact) mass is 738 g/mol. The van der Waals surface area contributed by atoms with Gasteiger partial charge in [-0.15, -0.1) is 0 Å². The molecule has 2 unspecified atom stereocenters. The van der Waals surface area contributed by atoms with Gasteiger partial charge in [-0.2, -0.15) is 18.7 Å². The van der Waals surface area contributed by atoms with Gasteiger partial charge in [-0.3, -0.25) is 17.8 Å². The van der Waals surface area contributed by atoms with E-state index in [0.29, 0.717) is 0 Å². The SMILES string of the molecule is O=P([O-])([O-])OOP(=O)([O-])OP(=O)([O-])[O-].O=P([O-])([O-])OOP(=O)([O-])OP(=O)([O-])[O-].[Ca+2].[Ca+2].[Ca+2].[Ca+2].[Ca+2]. The fourth-order valence-electron chi connectivity index (χ4n) is 0.435. The third-order valence-electron chi connectivity index (χ3n) is 0.832. The Balaban J connectivity index is -0.0000000712. The summed E-state index contributed by atoms with van der Waals surface area (Å²) in [4.78, 5) is 97.6. The Labute approximate surface area is 332 Å². The molecular formula is Ca5O22P6. The maximum atomic E-state index is 10.2. The van der Waals surface area contributed by atoms with Crippen LogP contribution in [0.3, 0.4) is 0 Å². The van der Waals surface area contributed by atoms with Gasteiger partial charge in [-0.1, -0.05) is 0 Å². The van der Waals surface area contributed by atoms with Crippen molar-refractivity contribution in [2.24, 2.45) is 0 Å². The topological polar surface area (TPSA) is 388 Å². The molecule has 0 aromatic carbocycles. The second-order valence-electron chi connectivity index (χ2n) is 3.14. The molecule has 0 spiro atoms. The predicted octanol–water partition coefficient (Wildman–Crippen LogP) is -9.75. The zero-order valence-electron chi connectivity index (χ0n) is 15.2. The van der Waals surface area contributed by atoms with E-state index >= 15 is 0 Å². The van der Waals surface area contributed by atoms with Crippen LogP contribution in [0.4, 0.5) is 0 Å². The normalized spacial score (nSPS) is 15.1. The first-order chi connectivity index (χ1) is 11.8. The van der Waals surface area contributed by atoms with E-state index in [1.807, 2.05) is 0 Å². The molecule has 0 rings (SSSR count). The zero-order chi connectivity index (χ0) is 23.2. The maximum Gasteiger partial charge on any atom is 2.00 e. The first kappa shape index (κ1) is 55.9. The summed E-state index contributed by atoms with van der Waals surface area (Å²) in [5.41, 5.74) is 0. The van der Waals surface area contributed by atoms with Crippen LogP contribution >= 0.6 is 46.9 Å². The van der Waals surface area contributed by atoms with Crippen molar-refractivity contribution < 1.29 is 104 Å². The molecule has 0 heterocycles. The molecule has 0 N–H and O–H groups in total. The second kappa shape index (κ2) is 23.5. The van der Waals surface area contributed by atoms with Crippen molar-refractivity contribution in [3.05, 3.63) is 0 Å². The van der Waals surface area contributed by atoms with E-state index < -0.39 is 46.9 Å². The van der Waals surface area contributed by atoms with Gasteiger partial charge in [-0.25, -0.2) is 0 Å². The molecule has 0 amide bonds. The van der Waals surface area contributed by atoms with Crippen molar-refractivity contribution in [3.8, 4) is 0 Å². The minimum Gasteiger partial charge on any atom is -0.790 e. The molecule has 22 nitrogen and oxygen atoms in total. The Morgan fingerprint density at radius 1 is 0.333 bits per heavy atom. The van der Waals surface area contributed by atoms with Crippen LogP contribution in [0, 0.1) is 0 Å². The molecule has 0 saturated heterocycles. The largest absolute Gasteiger partial charge is 2.00 e. The zero-order valence-corrected chi connectivity index (χ0v) is 31.6. The van der Waals surface area contributed by atoms with Gasteiger partial charge in [0.1, 0.15) is 15.6 Å². The van der Waals surface area contributed by atoms with Crippen molar-refractivity contribution >= 4 is 236 Å². The summed E-state index contributed by atoms with van der Waals surface area (Å²) in [6, 6.07) is 0. The van der Waals surface area contributed by atoms with Crippen LogP contribution in [0.15, 0.2) is 0 Å². The summed E-state index contributed by atoms with van der Waals surface area (Å²) in [7, 11) is -35.2. The van der Waals surface area contributed by atoms with Gasteiger partial charge >= 0.3 is 204 Å². The molecule has 0 aliphatic rings. The van der Waals surface area contributed by atoms with Gasteiger partial charge in [0.15, 0.2) is 0 Å². The van der Waals surface area contributed by atoms with Crippen LogP contribution in [0.1, 0.15) is 0 Å². The van der Waals surface area contributed by atoms with Gasteiger partial charge in [-0.05, 0) is 0 Å². The molecule has 33 heteroatoms. The smallest absolute Gasteiger partial charge is 0.790 e. The fourth-order valence-corrected chi connectivity index (χ4v) is 3.92. The van der Waals surface area contributed by atoms with E-state index in [-0.39, 0.29) is 189 Å². The number of rotatable bonds is 10. The Hall–Kier alpha value is 7.04. The van der Waals surface area contributed by atoms with Crippen LogP contribution in [0.25, 0.3) is 0 Å². The average molecular weight is 738 g/mol. The molecule has 2 atom stereocenters. The van der Waals surface area contributed by atoms with E-state index in [1.165, 1.54) is 0 Å². The molecule has 172 valence electrons. The van der Waals surface area contributed by atoms with Crippen LogP contribution in [-0.4, -0.2) is 189 Å². The Kier molecular flexibility index (Phi) is 39.8. The van der Waals surface area contributed by atoms with E-state index in [4.69, 9.17) is 0 Å². The molecule has 0 aromatic heterocycles. The first-order valence-electron chi connectivity index (χ1n) is 4.72. The standard InChI is InChI=1S/5Ca.2H5O11P3/c;;;;;2*1-12(2,3)9-10-14(7,8)11-13(4,5)6/h;;;;;2*(H,7,8)(H2,1,2,3)(H2,4,5,6)/q5*+2;;/p-10. The fraction of sp³-hybridized carbons (Fsp3) is 0. The van der Waals surface area contributed by atoms with Crippen molar-refractivity contribution in [2.45, 2.75) is 0 Å². The van der Waals surface area contributed by atoms with Gasteiger partial charge in [0, 0.05) is 0 Å². The molecule has 0 fully saturated rings. The minimum absolute atomic E-state index is 0. The Morgan fingerprint density at radius 2 is 0.515 bits per heavy atom. The number of phosphoric acid groups is 6. The Morgan fingerprint density at radius 3 is 0.636 bits per heavy atom. The van der Waals surface area contributed by atoms with Crippen LogP contribution in [0.2, 0.25) is 0 Å². The van der Waals surface area contributed by atoms with Crippen molar-refractivity contribution in [1.82, 2.24) is 0 Å². The minimum atomic E-state index is -5.94. The predicted molar refractivity (Wildman–Crippen MR) is 80.9 cm³/mol. The third-order valence-corrected chi connectivity index (χ3v) is 5.30. The number of hydrogen-bond donors (Lipinski definition) is 0. The van der Waals surface area contributed by atoms with Crippen LogP contribution < -0.4 is 48.9 Å². The Bertz CT molecular complexity index is 713. The third kappa shape index (κ3) is 49.1.